The van der Waals surface area contributed by atoms with Crippen LogP contribution < -0.4 is 11.1 Å². The zero-order valence-corrected chi connectivity index (χ0v) is 20.5. The second-order valence-corrected chi connectivity index (χ2v) is 10.6. The van der Waals surface area contributed by atoms with Crippen molar-refractivity contribution in [2.45, 2.75) is 51.9 Å². The van der Waals surface area contributed by atoms with E-state index >= 15 is 0 Å². The van der Waals surface area contributed by atoms with E-state index < -0.39 is 0 Å². The van der Waals surface area contributed by atoms with Crippen molar-refractivity contribution in [3.05, 3.63) is 95.1 Å². The Labute approximate surface area is 202 Å². The molecule has 0 saturated heterocycles. The van der Waals surface area contributed by atoms with Crippen LogP contribution in [0.1, 0.15) is 63.1 Å². The molecule has 0 atom stereocenters. The van der Waals surface area contributed by atoms with Gasteiger partial charge in [-0.15, -0.1) is 0 Å². The monoisotopic (exact) mass is 444 g/mol. The molecule has 170 valence electrons. The van der Waals surface area contributed by atoms with E-state index in [2.05, 4.69) is 106 Å². The summed E-state index contributed by atoms with van der Waals surface area (Å²) in [4.78, 5) is 0. The van der Waals surface area contributed by atoms with Crippen LogP contribution in [0, 0.1) is 0 Å². The van der Waals surface area contributed by atoms with Crippen LogP contribution in [0.4, 0.5) is 17.1 Å². The van der Waals surface area contributed by atoms with Crippen molar-refractivity contribution in [2.24, 2.45) is 0 Å². The molecular weight excluding hydrogens is 412 g/mol. The van der Waals surface area contributed by atoms with Gasteiger partial charge in [0.1, 0.15) is 0 Å². The standard InChI is InChI=1S/C32H32N2/c1-19(2)20-13-15-21(16-14-20)34-31-24-11-6-5-10-23(24)30(33)26-18-29-25(17-27(26)31)22-9-7-8-12-28(22)32(29,3)4/h5-6,8,10-19,34H,7,9,33H2,1-4H3. The van der Waals surface area contributed by atoms with Crippen molar-refractivity contribution < 1.29 is 0 Å². The highest BCUT2D eigenvalue weighted by molar-refractivity contribution is 6.20. The van der Waals surface area contributed by atoms with Crippen LogP contribution in [0.5, 0.6) is 0 Å². The number of hydrogen-bond acceptors (Lipinski definition) is 2. The highest BCUT2D eigenvalue weighted by Crippen LogP contribution is 2.52. The lowest BCUT2D eigenvalue weighted by Gasteiger charge is -2.25. The average molecular weight is 445 g/mol. The molecule has 0 amide bonds. The summed E-state index contributed by atoms with van der Waals surface area (Å²) in [5, 5.41) is 8.38. The Morgan fingerprint density at radius 3 is 2.35 bits per heavy atom. The van der Waals surface area contributed by atoms with Crippen molar-refractivity contribution >= 4 is 44.2 Å². The quantitative estimate of drug-likeness (QED) is 0.188. The Bertz CT molecular complexity index is 1510. The summed E-state index contributed by atoms with van der Waals surface area (Å²) >= 11 is 0. The number of anilines is 3. The first-order valence-electron chi connectivity index (χ1n) is 12.4. The second kappa shape index (κ2) is 7.50. The average Bonchev–Trinajstić information content (AvgIpc) is 3.07. The fourth-order valence-corrected chi connectivity index (χ4v) is 5.93. The molecule has 4 aromatic rings. The van der Waals surface area contributed by atoms with Gasteiger partial charge >= 0.3 is 0 Å². The molecule has 0 spiro atoms. The highest BCUT2D eigenvalue weighted by atomic mass is 14.9. The Morgan fingerprint density at radius 1 is 0.882 bits per heavy atom. The Balaban J connectivity index is 1.62. The summed E-state index contributed by atoms with van der Waals surface area (Å²) in [5.41, 5.74) is 17.0. The number of benzene rings is 4. The molecule has 0 radical (unpaired) electrons. The van der Waals surface area contributed by atoms with E-state index in [0.29, 0.717) is 5.92 Å². The van der Waals surface area contributed by atoms with Gasteiger partial charge in [-0.3, -0.25) is 0 Å². The van der Waals surface area contributed by atoms with Crippen LogP contribution in [0.25, 0.3) is 27.1 Å². The summed E-state index contributed by atoms with van der Waals surface area (Å²) in [6.07, 6.45) is 6.89. The lowest BCUT2D eigenvalue weighted by Crippen LogP contribution is -2.16. The lowest BCUT2D eigenvalue weighted by atomic mass is 9.79. The molecular formula is C32H32N2. The predicted molar refractivity (Wildman–Crippen MR) is 148 cm³/mol. The molecule has 0 aromatic heterocycles. The number of nitrogens with one attached hydrogen (secondary N) is 1. The molecule has 0 bridgehead atoms. The first kappa shape index (κ1) is 21.0. The van der Waals surface area contributed by atoms with Crippen molar-refractivity contribution in [1.82, 2.24) is 0 Å². The molecule has 3 N–H and O–H groups in total. The van der Waals surface area contributed by atoms with Crippen LogP contribution >= 0.6 is 0 Å². The minimum atomic E-state index is -0.00582. The van der Waals surface area contributed by atoms with Gasteiger partial charge in [-0.1, -0.05) is 76.2 Å². The third kappa shape index (κ3) is 3.01. The summed E-state index contributed by atoms with van der Waals surface area (Å²) in [5.74, 6) is 0.519. The molecule has 4 aromatic carbocycles. The first-order valence-corrected chi connectivity index (χ1v) is 12.4. The van der Waals surface area contributed by atoms with Crippen molar-refractivity contribution in [1.29, 1.82) is 0 Å². The number of allylic oxidation sites excluding steroid dienone is 4. The second-order valence-electron chi connectivity index (χ2n) is 10.6. The van der Waals surface area contributed by atoms with E-state index in [1.165, 1.54) is 33.2 Å². The molecule has 0 fully saturated rings. The van der Waals surface area contributed by atoms with Gasteiger partial charge in [-0.25, -0.2) is 0 Å². The van der Waals surface area contributed by atoms with Crippen molar-refractivity contribution in [3.63, 3.8) is 0 Å². The molecule has 6 rings (SSSR count). The van der Waals surface area contributed by atoms with Crippen LogP contribution in [0.2, 0.25) is 0 Å². The number of nitrogens with two attached hydrogens (primary N) is 1. The third-order valence-corrected chi connectivity index (χ3v) is 7.89. The van der Waals surface area contributed by atoms with Gasteiger partial charge < -0.3 is 11.1 Å². The maximum absolute atomic E-state index is 6.84. The fraction of sp³-hybridized carbons (Fsp3) is 0.250. The van der Waals surface area contributed by atoms with E-state index in [1.54, 1.807) is 0 Å². The van der Waals surface area contributed by atoms with E-state index in [1.807, 2.05) is 0 Å². The molecule has 0 saturated carbocycles. The Hall–Kier alpha value is -3.52. The Kier molecular flexibility index (Phi) is 4.64. The normalized spacial score (nSPS) is 16.4. The smallest absolute Gasteiger partial charge is 0.0545 e. The summed E-state index contributed by atoms with van der Waals surface area (Å²) in [7, 11) is 0. The van der Waals surface area contributed by atoms with Gasteiger partial charge in [0.2, 0.25) is 0 Å². The van der Waals surface area contributed by atoms with Crippen LogP contribution in [0.3, 0.4) is 0 Å². The van der Waals surface area contributed by atoms with Crippen molar-refractivity contribution in [3.8, 4) is 0 Å². The minimum Gasteiger partial charge on any atom is -0.398 e. The zero-order chi connectivity index (χ0) is 23.6. The number of hydrogen-bond donors (Lipinski definition) is 2. The maximum Gasteiger partial charge on any atom is 0.0545 e. The molecule has 34 heavy (non-hydrogen) atoms. The molecule has 0 aliphatic heterocycles. The van der Waals surface area contributed by atoms with Crippen LogP contribution in [-0.2, 0) is 5.41 Å². The van der Waals surface area contributed by atoms with Crippen LogP contribution in [0.15, 0.2) is 78.4 Å². The molecule has 0 unspecified atom stereocenters. The Morgan fingerprint density at radius 2 is 1.62 bits per heavy atom. The van der Waals surface area contributed by atoms with Gasteiger partial charge in [0.25, 0.3) is 0 Å². The van der Waals surface area contributed by atoms with E-state index in [0.717, 1.165) is 46.1 Å². The summed E-state index contributed by atoms with van der Waals surface area (Å²) in [6.45, 7) is 9.16. The zero-order valence-electron chi connectivity index (χ0n) is 20.5. The molecule has 0 heterocycles. The van der Waals surface area contributed by atoms with Crippen molar-refractivity contribution in [2.75, 3.05) is 11.1 Å². The molecule has 2 aliphatic rings. The van der Waals surface area contributed by atoms with Crippen LogP contribution in [-0.4, -0.2) is 0 Å². The predicted octanol–water partition coefficient (Wildman–Crippen LogP) is 8.84. The number of fused-ring (bicyclic) bond motifs is 4. The van der Waals surface area contributed by atoms with E-state index in [9.17, 15) is 0 Å². The molecule has 2 heteroatoms. The van der Waals surface area contributed by atoms with E-state index in [-0.39, 0.29) is 5.41 Å². The van der Waals surface area contributed by atoms with Gasteiger partial charge in [0.05, 0.1) is 5.69 Å². The molecule has 2 aliphatic carbocycles. The first-order chi connectivity index (χ1) is 16.4. The highest BCUT2D eigenvalue weighted by Gasteiger charge is 2.37. The van der Waals surface area contributed by atoms with Gasteiger partial charge in [0.15, 0.2) is 0 Å². The van der Waals surface area contributed by atoms with Gasteiger partial charge in [-0.05, 0) is 70.9 Å². The van der Waals surface area contributed by atoms with Gasteiger partial charge in [-0.2, -0.15) is 0 Å². The van der Waals surface area contributed by atoms with Gasteiger partial charge in [0, 0.05) is 38.3 Å². The SMILES string of the molecule is CC(C)c1ccc(Nc2c3ccccc3c(N)c3cc4c(cc23)C2=C(C=CCC2)C4(C)C)cc1. The largest absolute Gasteiger partial charge is 0.398 e. The third-order valence-electron chi connectivity index (χ3n) is 7.89. The summed E-state index contributed by atoms with van der Waals surface area (Å²) in [6, 6.07) is 22.1. The van der Waals surface area contributed by atoms with E-state index in [4.69, 9.17) is 5.73 Å². The topological polar surface area (TPSA) is 38.0 Å². The summed E-state index contributed by atoms with van der Waals surface area (Å²) < 4.78 is 0. The molecule has 2 nitrogen and oxygen atoms in total. The fourth-order valence-electron chi connectivity index (χ4n) is 5.93. The minimum absolute atomic E-state index is 0.00582. The maximum atomic E-state index is 6.84. The lowest BCUT2D eigenvalue weighted by molar-refractivity contribution is 0.652. The number of rotatable bonds is 3. The number of nitrogen functional groups attached to an aromatic ring is 1.